The highest BCUT2D eigenvalue weighted by Crippen LogP contribution is 2.39. The lowest BCUT2D eigenvalue weighted by molar-refractivity contribution is -0.498. The quantitative estimate of drug-likeness (QED) is 0.0335. The number of halogens is 1. The van der Waals surface area contributed by atoms with Crippen LogP contribution in [0, 0.1) is 43.9 Å². The monoisotopic (exact) mass is 1130 g/mol. The molecule has 7 N–H and O–H groups in total. The number of benzene rings is 2. The molecule has 3 heterocycles. The fourth-order valence-electron chi connectivity index (χ4n) is 10.7. The summed E-state index contributed by atoms with van der Waals surface area (Å²) in [6, 6.07) is 6.69. The van der Waals surface area contributed by atoms with Gasteiger partial charge in [-0.25, -0.2) is 4.79 Å². The molecule has 2 aliphatic carbocycles. The first-order valence-electron chi connectivity index (χ1n) is 26.9. The topological polar surface area (TPSA) is 333 Å². The molecule has 7 amide bonds. The Morgan fingerprint density at radius 3 is 1.86 bits per heavy atom. The number of aromatic nitrogens is 1. The molecule has 0 radical (unpaired) electrons. The first-order chi connectivity index (χ1) is 38.0. The minimum atomic E-state index is -1.93. The second kappa shape index (κ2) is 25.9. The number of hydrogen-bond acceptors (Lipinski definition) is 14. The van der Waals surface area contributed by atoms with Crippen LogP contribution in [0.15, 0.2) is 84.9 Å². The van der Waals surface area contributed by atoms with Crippen LogP contribution in [0.1, 0.15) is 114 Å². The van der Waals surface area contributed by atoms with E-state index in [0.717, 1.165) is 6.07 Å². The van der Waals surface area contributed by atoms with Crippen molar-refractivity contribution in [3.05, 3.63) is 127 Å². The van der Waals surface area contributed by atoms with Gasteiger partial charge in [0, 0.05) is 52.9 Å². The van der Waals surface area contributed by atoms with Crippen molar-refractivity contribution < 1.29 is 58.1 Å². The molecule has 4 aliphatic rings. The zero-order chi connectivity index (χ0) is 58.3. The lowest BCUT2D eigenvalue weighted by atomic mass is 9.90. The van der Waals surface area contributed by atoms with Crippen molar-refractivity contribution >= 4 is 58.9 Å². The maximum absolute atomic E-state index is 15.2. The highest BCUT2D eigenvalue weighted by atomic mass is 35.5. The zero-order valence-electron chi connectivity index (χ0n) is 45.2. The van der Waals surface area contributed by atoms with E-state index in [0.29, 0.717) is 22.3 Å². The molecule has 2 aliphatic heterocycles. The van der Waals surface area contributed by atoms with Crippen LogP contribution < -0.4 is 31.9 Å². The van der Waals surface area contributed by atoms with Gasteiger partial charge in [0.05, 0.1) is 0 Å². The molecular weight excluding hydrogens is 1060 g/mol. The Bertz CT molecular complexity index is 2850. The summed E-state index contributed by atoms with van der Waals surface area (Å²) in [6.45, 7) is 9.88. The smallest absolute Gasteiger partial charge is 0.329 e. The van der Waals surface area contributed by atoms with Crippen molar-refractivity contribution in [1.82, 2.24) is 41.5 Å². The van der Waals surface area contributed by atoms with Crippen LogP contribution in [0.2, 0.25) is 5.15 Å². The minimum absolute atomic E-state index is 0.00168. The summed E-state index contributed by atoms with van der Waals surface area (Å²) in [5.74, 6) is -11.6. The molecule has 80 heavy (non-hydrogen) atoms. The predicted octanol–water partition coefficient (Wildman–Crippen LogP) is 3.40. The number of amides is 7. The van der Waals surface area contributed by atoms with Crippen LogP contribution in [-0.4, -0.2) is 139 Å². The Labute approximate surface area is 466 Å². The summed E-state index contributed by atoms with van der Waals surface area (Å²) in [5, 5.41) is 50.1. The van der Waals surface area contributed by atoms with E-state index in [-0.39, 0.29) is 43.8 Å². The maximum Gasteiger partial charge on any atom is 0.329 e. The first kappa shape index (κ1) is 59.8. The minimum Gasteiger partial charge on any atom is -0.458 e. The number of nitro groups is 2. The summed E-state index contributed by atoms with van der Waals surface area (Å²) >= 11 is 5.98. The molecule has 430 valence electrons. The van der Waals surface area contributed by atoms with E-state index in [1.807, 2.05) is 0 Å². The number of ether oxygens (including phenoxy) is 1. The van der Waals surface area contributed by atoms with Crippen molar-refractivity contribution in [2.24, 2.45) is 23.7 Å². The Morgan fingerprint density at radius 1 is 0.787 bits per heavy atom. The van der Waals surface area contributed by atoms with E-state index in [9.17, 15) is 49.4 Å². The van der Waals surface area contributed by atoms with Crippen LogP contribution in [-0.2, 0) is 38.3 Å². The molecule has 2 saturated heterocycles. The van der Waals surface area contributed by atoms with Crippen LogP contribution in [0.4, 0.5) is 0 Å². The summed E-state index contributed by atoms with van der Waals surface area (Å²) in [5.41, 5.74) is 0.721. The maximum atomic E-state index is 15.2. The third-order valence-electron chi connectivity index (χ3n) is 16.0. The molecule has 16 unspecified atom stereocenters. The fraction of sp³-hybridized carbons (Fsp3) is 0.527. The van der Waals surface area contributed by atoms with Crippen LogP contribution in [0.25, 0.3) is 0 Å². The van der Waals surface area contributed by atoms with Gasteiger partial charge < -0.3 is 46.7 Å². The SMILES string of the molecule is C/C=C/C1CC2C(=O)OC(C)C(NC(=O)C(CC3CC3[N+](=O)[O-])NC(=O)c3ccc(Cl)n3O)C(=O)NC(C(C)c3ccccc3)C(=O)NC(CC3CC3[N+](=O)[O-])C(=O)NC(C(C)c3ccccc3)C(=O)NC(C(C)CC)C(=O)N2C1. The van der Waals surface area contributed by atoms with Gasteiger partial charge >= 0.3 is 5.97 Å². The number of cyclic esters (lactones) is 1. The largest absolute Gasteiger partial charge is 0.458 e. The van der Waals surface area contributed by atoms with E-state index in [4.69, 9.17) is 16.3 Å². The molecule has 16 atom stereocenters. The number of nitrogens with one attached hydrogen (secondary N) is 6. The molecule has 24 nitrogen and oxygen atoms in total. The van der Waals surface area contributed by atoms with E-state index < -0.39 is 159 Å². The lowest BCUT2D eigenvalue weighted by Crippen LogP contribution is -2.62. The summed E-state index contributed by atoms with van der Waals surface area (Å²) in [4.78, 5) is 142. The average molecular weight is 1130 g/mol. The van der Waals surface area contributed by atoms with Gasteiger partial charge in [-0.1, -0.05) is 119 Å². The molecule has 3 aromatic rings. The van der Waals surface area contributed by atoms with E-state index in [2.05, 4.69) is 31.9 Å². The lowest BCUT2D eigenvalue weighted by Gasteiger charge is -2.34. The third-order valence-corrected chi connectivity index (χ3v) is 16.3. The number of allylic oxidation sites excluding steroid dienone is 1. The van der Waals surface area contributed by atoms with Crippen LogP contribution in [0.5, 0.6) is 0 Å². The fourth-order valence-corrected chi connectivity index (χ4v) is 10.8. The Hall–Kier alpha value is -7.89. The van der Waals surface area contributed by atoms with E-state index >= 15 is 14.4 Å². The van der Waals surface area contributed by atoms with Crippen molar-refractivity contribution in [3.63, 3.8) is 0 Å². The highest BCUT2D eigenvalue weighted by Gasteiger charge is 2.52. The number of esters is 1. The van der Waals surface area contributed by atoms with Gasteiger partial charge in [0.2, 0.25) is 47.5 Å². The Balaban J connectivity index is 1.33. The molecular formula is C55H69ClN10O14. The average Bonchev–Trinajstić information content (AvgIpc) is 4.33. The Kier molecular flexibility index (Phi) is 19.4. The van der Waals surface area contributed by atoms with Crippen molar-refractivity contribution in [1.29, 1.82) is 0 Å². The van der Waals surface area contributed by atoms with Gasteiger partial charge in [-0.2, -0.15) is 4.73 Å². The third kappa shape index (κ3) is 14.1. The standard InChI is InChI=1S/C55H69ClN10O14/c1-7-15-32-22-42-55(74)80-31(6)47(62-49(68)37(23-35-25-40(35)65(76)77)57-50(69)39-20-21-43(56)64(39)75)53(72)61-45(29(4)33-16-11-9-12-17-33)51(70)58-38(24-36-26-41(36)66(78)79)48(67)60-46(30(5)34-18-13-10-14-19-34)52(71)59-44(28(3)8-2)54(73)63(42)27-32/h7,9-21,28-32,35-38,40-42,44-47,75H,8,22-27H2,1-6H3,(H,57,69)(H,58,70)(H,59,71)(H,60,67)(H,61,72)(H,62,68)/b15-7+. The Morgan fingerprint density at radius 2 is 1.34 bits per heavy atom. The van der Waals surface area contributed by atoms with Gasteiger partial charge in [0.25, 0.3) is 5.91 Å². The molecule has 25 heteroatoms. The molecule has 2 saturated carbocycles. The van der Waals surface area contributed by atoms with Gasteiger partial charge in [0.15, 0.2) is 0 Å². The van der Waals surface area contributed by atoms with Gasteiger partial charge in [0.1, 0.15) is 59.2 Å². The highest BCUT2D eigenvalue weighted by molar-refractivity contribution is 6.30. The van der Waals surface area contributed by atoms with Crippen LogP contribution >= 0.6 is 11.6 Å². The molecule has 1 aromatic heterocycles. The normalized spacial score (nSPS) is 29.1. The molecule has 2 aromatic carbocycles. The second-order valence-electron chi connectivity index (χ2n) is 21.5. The zero-order valence-corrected chi connectivity index (χ0v) is 45.9. The number of carbonyl (C=O) groups excluding carboxylic acids is 8. The molecule has 7 rings (SSSR count). The number of carbonyl (C=O) groups is 8. The predicted molar refractivity (Wildman–Crippen MR) is 288 cm³/mol. The summed E-state index contributed by atoms with van der Waals surface area (Å²) < 4.78 is 6.43. The summed E-state index contributed by atoms with van der Waals surface area (Å²) in [6.07, 6.45) is 1.86. The number of rotatable bonds is 17. The summed E-state index contributed by atoms with van der Waals surface area (Å²) in [7, 11) is 0. The van der Waals surface area contributed by atoms with Crippen LogP contribution in [0.3, 0.4) is 0 Å². The molecule has 4 fully saturated rings. The van der Waals surface area contributed by atoms with E-state index in [1.165, 1.54) is 17.9 Å². The molecule has 0 spiro atoms. The van der Waals surface area contributed by atoms with Crippen molar-refractivity contribution in [2.45, 2.75) is 152 Å². The van der Waals surface area contributed by atoms with Crippen molar-refractivity contribution in [3.8, 4) is 0 Å². The molecule has 0 bridgehead atoms. The van der Waals surface area contributed by atoms with Gasteiger partial charge in [-0.15, -0.1) is 0 Å². The number of hydrogen-bond donors (Lipinski definition) is 7. The van der Waals surface area contributed by atoms with Crippen molar-refractivity contribution in [2.75, 3.05) is 6.54 Å². The van der Waals surface area contributed by atoms with E-state index in [1.54, 1.807) is 107 Å². The van der Waals surface area contributed by atoms with Gasteiger partial charge in [-0.05, 0) is 68.2 Å². The van der Waals surface area contributed by atoms with Gasteiger partial charge in [-0.3, -0.25) is 53.8 Å². The number of nitrogens with zero attached hydrogens (tertiary/aromatic N) is 4. The first-order valence-corrected chi connectivity index (χ1v) is 27.3. The second-order valence-corrected chi connectivity index (χ2v) is 21.9. The number of fused-ring (bicyclic) bond motifs is 1.